The van der Waals surface area contributed by atoms with E-state index in [2.05, 4.69) is 17.0 Å². The quantitative estimate of drug-likeness (QED) is 0.266. The molecule has 4 rings (SSSR count). The van der Waals surface area contributed by atoms with Gasteiger partial charge in [0.05, 0.1) is 25.4 Å². The Balaban J connectivity index is 1.36. The summed E-state index contributed by atoms with van der Waals surface area (Å²) in [5.41, 5.74) is 3.82. The zero-order valence-electron chi connectivity index (χ0n) is 22.8. The zero-order valence-corrected chi connectivity index (χ0v) is 22.8. The third-order valence-electron chi connectivity index (χ3n) is 6.98. The molecule has 1 heterocycles. The number of hydrogen-bond acceptors (Lipinski definition) is 5. The average Bonchev–Trinajstić information content (AvgIpc) is 2.93. The highest BCUT2D eigenvalue weighted by Crippen LogP contribution is 2.40. The van der Waals surface area contributed by atoms with Gasteiger partial charge in [-0.15, -0.1) is 0 Å². The first-order chi connectivity index (χ1) is 18.9. The molecule has 0 aromatic heterocycles. The predicted octanol–water partition coefficient (Wildman–Crippen LogP) is 6.60. The summed E-state index contributed by atoms with van der Waals surface area (Å²) < 4.78 is 31.7. The number of carboxylic acids is 1. The number of ether oxygens (including phenoxy) is 3. The maximum absolute atomic E-state index is 13.6. The Labute approximate surface area is 230 Å². The van der Waals surface area contributed by atoms with Crippen molar-refractivity contribution >= 4 is 5.97 Å². The van der Waals surface area contributed by atoms with Crippen molar-refractivity contribution < 1.29 is 28.5 Å². The summed E-state index contributed by atoms with van der Waals surface area (Å²) >= 11 is 0. The first-order valence-electron chi connectivity index (χ1n) is 13.8. The topological polar surface area (TPSA) is 68.2 Å². The van der Waals surface area contributed by atoms with Gasteiger partial charge in [0.1, 0.15) is 23.1 Å². The molecule has 0 aliphatic carbocycles. The molecule has 1 N–H and O–H groups in total. The maximum Gasteiger partial charge on any atom is 0.303 e. The van der Waals surface area contributed by atoms with Crippen molar-refractivity contribution in [3.05, 3.63) is 77.6 Å². The van der Waals surface area contributed by atoms with Crippen LogP contribution in [0, 0.1) is 11.7 Å². The molecule has 39 heavy (non-hydrogen) atoms. The van der Waals surface area contributed by atoms with Crippen LogP contribution in [0.5, 0.6) is 17.2 Å². The van der Waals surface area contributed by atoms with Crippen LogP contribution in [0.1, 0.15) is 44.2 Å². The van der Waals surface area contributed by atoms with Crippen LogP contribution in [0.25, 0.3) is 11.1 Å². The number of aryl methyl sites for hydroxylation is 1. The van der Waals surface area contributed by atoms with Gasteiger partial charge in [-0.05, 0) is 105 Å². The molecule has 1 saturated heterocycles. The molecular weight excluding hydrogens is 497 g/mol. The van der Waals surface area contributed by atoms with Gasteiger partial charge in [-0.3, -0.25) is 9.69 Å². The van der Waals surface area contributed by atoms with Crippen LogP contribution in [0.3, 0.4) is 0 Å². The second-order valence-corrected chi connectivity index (χ2v) is 9.91. The highest BCUT2D eigenvalue weighted by molar-refractivity contribution is 5.77. The van der Waals surface area contributed by atoms with Crippen LogP contribution < -0.4 is 14.2 Å². The Bertz CT molecular complexity index is 1190. The van der Waals surface area contributed by atoms with Crippen molar-refractivity contribution in [3.8, 4) is 28.4 Å². The summed E-state index contributed by atoms with van der Waals surface area (Å²) in [5.74, 6) is 1.71. The molecule has 3 aromatic rings. The second kappa shape index (κ2) is 14.0. The molecule has 208 valence electrons. The van der Waals surface area contributed by atoms with Gasteiger partial charge >= 0.3 is 5.97 Å². The van der Waals surface area contributed by atoms with Gasteiger partial charge in [-0.2, -0.15) is 0 Å². The normalized spacial score (nSPS) is 14.2. The molecule has 0 atom stereocenters. The summed E-state index contributed by atoms with van der Waals surface area (Å²) in [6.07, 6.45) is 2.72. The fourth-order valence-electron chi connectivity index (χ4n) is 5.00. The monoisotopic (exact) mass is 535 g/mol. The lowest BCUT2D eigenvalue weighted by Gasteiger charge is -2.32. The number of halogens is 1. The number of nitrogens with zero attached hydrogens (tertiary/aromatic N) is 1. The lowest BCUT2D eigenvalue weighted by molar-refractivity contribution is -0.136. The molecule has 0 bridgehead atoms. The minimum Gasteiger partial charge on any atom is -0.493 e. The summed E-state index contributed by atoms with van der Waals surface area (Å²) in [4.78, 5) is 13.3. The third-order valence-corrected chi connectivity index (χ3v) is 6.98. The van der Waals surface area contributed by atoms with Gasteiger partial charge in [0.15, 0.2) is 0 Å². The smallest absolute Gasteiger partial charge is 0.303 e. The molecular formula is C32H38FNO5. The van der Waals surface area contributed by atoms with E-state index in [0.717, 1.165) is 72.0 Å². The average molecular weight is 536 g/mol. The number of hydrogen-bond donors (Lipinski definition) is 1. The van der Waals surface area contributed by atoms with Crippen molar-refractivity contribution in [1.82, 2.24) is 4.90 Å². The van der Waals surface area contributed by atoms with E-state index in [9.17, 15) is 9.18 Å². The number of carbonyl (C=O) groups is 1. The standard InChI is InChI=1S/C32H38FNO5/c1-3-37-29-19-25(20-30(38-4-2)32(29)26-9-11-27(33)12-10-26)21-34-16-14-24(15-17-34)22-39-28-7-5-6-23(18-28)8-13-31(35)36/h5-7,9-12,18-20,24H,3-4,8,13-17,21-22H2,1-2H3,(H,35,36). The van der Waals surface area contributed by atoms with E-state index in [-0.39, 0.29) is 12.2 Å². The predicted molar refractivity (Wildman–Crippen MR) is 150 cm³/mol. The van der Waals surface area contributed by atoms with E-state index in [0.29, 0.717) is 32.2 Å². The molecule has 0 radical (unpaired) electrons. The van der Waals surface area contributed by atoms with Crippen molar-refractivity contribution in [2.75, 3.05) is 32.9 Å². The molecule has 0 unspecified atom stereocenters. The van der Waals surface area contributed by atoms with Gasteiger partial charge in [0.25, 0.3) is 0 Å². The number of rotatable bonds is 13. The van der Waals surface area contributed by atoms with Gasteiger partial charge in [0.2, 0.25) is 0 Å². The highest BCUT2D eigenvalue weighted by atomic mass is 19.1. The van der Waals surface area contributed by atoms with Crippen LogP contribution in [0.4, 0.5) is 4.39 Å². The molecule has 7 heteroatoms. The van der Waals surface area contributed by atoms with Gasteiger partial charge in [0, 0.05) is 13.0 Å². The van der Waals surface area contributed by atoms with Crippen molar-refractivity contribution in [2.45, 2.75) is 46.1 Å². The van der Waals surface area contributed by atoms with E-state index >= 15 is 0 Å². The number of aliphatic carboxylic acids is 1. The van der Waals surface area contributed by atoms with Crippen LogP contribution in [0.15, 0.2) is 60.7 Å². The summed E-state index contributed by atoms with van der Waals surface area (Å²) in [5, 5.41) is 8.92. The zero-order chi connectivity index (χ0) is 27.6. The Hall–Kier alpha value is -3.58. The van der Waals surface area contributed by atoms with Crippen molar-refractivity contribution in [2.24, 2.45) is 5.92 Å². The van der Waals surface area contributed by atoms with Crippen LogP contribution in [-0.2, 0) is 17.8 Å². The Morgan fingerprint density at radius 1 is 0.923 bits per heavy atom. The lowest BCUT2D eigenvalue weighted by atomic mass is 9.96. The number of benzene rings is 3. The molecule has 3 aromatic carbocycles. The summed E-state index contributed by atoms with van der Waals surface area (Å²) in [6.45, 7) is 8.37. The molecule has 1 fully saturated rings. The molecule has 0 amide bonds. The van der Waals surface area contributed by atoms with E-state index in [1.807, 2.05) is 38.1 Å². The Kier molecular flexibility index (Phi) is 10.2. The largest absolute Gasteiger partial charge is 0.493 e. The van der Waals surface area contributed by atoms with Gasteiger partial charge < -0.3 is 19.3 Å². The fraction of sp³-hybridized carbons (Fsp3) is 0.406. The van der Waals surface area contributed by atoms with Gasteiger partial charge in [-0.25, -0.2) is 4.39 Å². The maximum atomic E-state index is 13.6. The van der Waals surface area contributed by atoms with E-state index in [4.69, 9.17) is 19.3 Å². The van der Waals surface area contributed by atoms with Crippen LogP contribution >= 0.6 is 0 Å². The molecule has 6 nitrogen and oxygen atoms in total. The van der Waals surface area contributed by atoms with E-state index < -0.39 is 5.97 Å². The first-order valence-corrected chi connectivity index (χ1v) is 13.8. The molecule has 1 aliphatic rings. The van der Waals surface area contributed by atoms with Crippen molar-refractivity contribution in [1.29, 1.82) is 0 Å². The molecule has 1 aliphatic heterocycles. The molecule has 0 saturated carbocycles. The third kappa shape index (κ3) is 8.20. The van der Waals surface area contributed by atoms with Crippen LogP contribution in [0.2, 0.25) is 0 Å². The van der Waals surface area contributed by atoms with E-state index in [1.165, 1.54) is 12.1 Å². The number of carboxylic acid groups (broad SMARTS) is 1. The SMILES string of the molecule is CCOc1cc(CN2CCC(COc3cccc(CCC(=O)O)c3)CC2)cc(OCC)c1-c1ccc(F)cc1. The Morgan fingerprint density at radius 3 is 2.21 bits per heavy atom. The number of likely N-dealkylation sites (tertiary alicyclic amines) is 1. The second-order valence-electron chi connectivity index (χ2n) is 9.91. The molecule has 0 spiro atoms. The fourth-order valence-corrected chi connectivity index (χ4v) is 5.00. The number of piperidine rings is 1. The summed E-state index contributed by atoms with van der Waals surface area (Å²) in [7, 11) is 0. The first kappa shape index (κ1) is 28.4. The summed E-state index contributed by atoms with van der Waals surface area (Å²) in [6, 6.07) is 18.3. The Morgan fingerprint density at radius 2 is 1.59 bits per heavy atom. The highest BCUT2D eigenvalue weighted by Gasteiger charge is 2.22. The van der Waals surface area contributed by atoms with Gasteiger partial charge in [-0.1, -0.05) is 24.3 Å². The van der Waals surface area contributed by atoms with Crippen molar-refractivity contribution in [3.63, 3.8) is 0 Å². The van der Waals surface area contributed by atoms with Crippen LogP contribution in [-0.4, -0.2) is 48.9 Å². The minimum atomic E-state index is -0.792. The van der Waals surface area contributed by atoms with E-state index in [1.54, 1.807) is 12.1 Å². The minimum absolute atomic E-state index is 0.120. The lowest BCUT2D eigenvalue weighted by Crippen LogP contribution is -2.35.